The number of nitrogens with one attached hydrogen (secondary N) is 3. The molecule has 2 saturated carbocycles. The summed E-state index contributed by atoms with van der Waals surface area (Å²) in [6, 6.07) is 1.15. The smallest absolute Gasteiger partial charge is 0.408 e. The van der Waals surface area contributed by atoms with Crippen LogP contribution in [0.2, 0.25) is 0 Å². The van der Waals surface area contributed by atoms with E-state index in [1.165, 1.54) is 13.0 Å². The fourth-order valence-electron chi connectivity index (χ4n) is 4.12. The normalized spacial score (nSPS) is 16.8. The van der Waals surface area contributed by atoms with Crippen molar-refractivity contribution in [2.24, 2.45) is 5.92 Å². The number of carbonyl (C=O) groups is 3. The van der Waals surface area contributed by atoms with E-state index in [1.807, 2.05) is 0 Å². The van der Waals surface area contributed by atoms with Crippen molar-refractivity contribution in [2.45, 2.75) is 83.0 Å². The van der Waals surface area contributed by atoms with Gasteiger partial charge < -0.3 is 20.7 Å². The molecule has 2 atom stereocenters. The lowest BCUT2D eigenvalue weighted by atomic mass is 9.94. The summed E-state index contributed by atoms with van der Waals surface area (Å²) in [6.45, 7) is 4.89. The summed E-state index contributed by atoms with van der Waals surface area (Å²) >= 11 is 6.01. The van der Waals surface area contributed by atoms with E-state index in [2.05, 4.69) is 10.6 Å². The van der Waals surface area contributed by atoms with Gasteiger partial charge in [-0.1, -0.05) is 5.57 Å². The number of halogens is 5. The van der Waals surface area contributed by atoms with Crippen LogP contribution in [-0.4, -0.2) is 42.3 Å². The number of allylic oxidation sites excluding steroid dienone is 1. The molecule has 7 nitrogen and oxygen atoms in total. The molecule has 1 aromatic carbocycles. The third-order valence-electron chi connectivity index (χ3n) is 6.11. The predicted molar refractivity (Wildman–Crippen MR) is 134 cm³/mol. The molecule has 0 bridgehead atoms. The van der Waals surface area contributed by atoms with Gasteiger partial charge in [-0.15, -0.1) is 11.6 Å². The molecule has 1 unspecified atom stereocenters. The summed E-state index contributed by atoms with van der Waals surface area (Å²) in [5, 5.41) is 6.92. The first-order valence-corrected chi connectivity index (χ1v) is 12.9. The Morgan fingerprint density at radius 1 is 1.11 bits per heavy atom. The molecular weight excluding hydrogens is 530 g/mol. The zero-order chi connectivity index (χ0) is 28.4. The first-order chi connectivity index (χ1) is 17.6. The van der Waals surface area contributed by atoms with Gasteiger partial charge in [-0.25, -0.2) is 9.18 Å². The zero-order valence-electron chi connectivity index (χ0n) is 21.7. The topological polar surface area (TPSA) is 96.5 Å². The average molecular weight is 562 g/mol. The highest BCUT2D eigenvalue weighted by atomic mass is 35.5. The molecule has 12 heteroatoms. The van der Waals surface area contributed by atoms with Crippen LogP contribution in [0.5, 0.6) is 0 Å². The van der Waals surface area contributed by atoms with Crippen LogP contribution in [0.25, 0.3) is 0 Å². The first kappa shape index (κ1) is 29.7. The van der Waals surface area contributed by atoms with E-state index in [0.29, 0.717) is 0 Å². The van der Waals surface area contributed by atoms with Crippen LogP contribution in [0.3, 0.4) is 0 Å². The minimum absolute atomic E-state index is 0.0948. The number of alkyl carbamates (subject to hydrolysis) is 1. The molecule has 38 heavy (non-hydrogen) atoms. The van der Waals surface area contributed by atoms with Crippen molar-refractivity contribution in [1.29, 1.82) is 0 Å². The molecule has 2 fully saturated rings. The fraction of sp³-hybridized carbons (Fsp3) is 0.577. The van der Waals surface area contributed by atoms with Crippen LogP contribution in [0.4, 0.5) is 28.0 Å². The molecular formula is C26H32ClF4N3O4. The van der Waals surface area contributed by atoms with E-state index in [1.54, 1.807) is 26.1 Å². The van der Waals surface area contributed by atoms with Gasteiger partial charge in [0.15, 0.2) is 0 Å². The maximum absolute atomic E-state index is 15.1. The Labute approximate surface area is 223 Å². The summed E-state index contributed by atoms with van der Waals surface area (Å²) in [5.74, 6) is -3.68. The maximum Gasteiger partial charge on any atom is 0.408 e. The first-order valence-electron chi connectivity index (χ1n) is 12.3. The second kappa shape index (κ2) is 11.5. The van der Waals surface area contributed by atoms with Gasteiger partial charge in [0.05, 0.1) is 11.6 Å². The molecule has 0 heterocycles. The largest absolute Gasteiger partial charge is 0.444 e. The Kier molecular flexibility index (Phi) is 9.00. The van der Waals surface area contributed by atoms with Gasteiger partial charge >= 0.3 is 12.3 Å². The molecule has 1 aromatic rings. The molecule has 3 N–H and O–H groups in total. The number of benzene rings is 1. The molecule has 210 valence electrons. The van der Waals surface area contributed by atoms with Crippen LogP contribution >= 0.6 is 11.6 Å². The van der Waals surface area contributed by atoms with Gasteiger partial charge in [-0.05, 0) is 88.1 Å². The summed E-state index contributed by atoms with van der Waals surface area (Å²) in [7, 11) is 0. The van der Waals surface area contributed by atoms with Gasteiger partial charge in [0.1, 0.15) is 24.0 Å². The van der Waals surface area contributed by atoms with Crippen LogP contribution in [0.1, 0.15) is 70.4 Å². The van der Waals surface area contributed by atoms with Crippen LogP contribution in [-0.2, 0) is 20.2 Å². The molecule has 0 aromatic heterocycles. The molecule has 0 radical (unpaired) electrons. The second-order valence-corrected chi connectivity index (χ2v) is 10.9. The van der Waals surface area contributed by atoms with Crippen LogP contribution < -0.4 is 16.0 Å². The summed E-state index contributed by atoms with van der Waals surface area (Å²) < 4.78 is 57.9. The molecule has 2 aliphatic carbocycles. The number of rotatable bonds is 9. The van der Waals surface area contributed by atoms with E-state index < -0.39 is 54.0 Å². The van der Waals surface area contributed by atoms with Gasteiger partial charge in [0.2, 0.25) is 5.91 Å². The highest BCUT2D eigenvalue weighted by molar-refractivity contribution is 6.17. The van der Waals surface area contributed by atoms with E-state index in [4.69, 9.17) is 16.3 Å². The van der Waals surface area contributed by atoms with Gasteiger partial charge in [-0.3, -0.25) is 9.59 Å². The molecule has 0 spiro atoms. The Morgan fingerprint density at radius 2 is 1.74 bits per heavy atom. The van der Waals surface area contributed by atoms with Crippen molar-refractivity contribution in [3.05, 3.63) is 40.2 Å². The standard InChI is InChI=1S/C26H32ClF4N3O4/c1-13(22(35)32-12-26(29,30)31)17-10-18(28)19(9-16(17)11-27)33-23(36)21(34-24(37)38-25(2,3)4)20(14-5-6-14)15-7-8-15/h9-10,13-14,21H,5-8,11-12H2,1-4H3,(H,32,35)(H,33,36)(H,34,37)/t13?,21-/m0/s1. The van der Waals surface area contributed by atoms with Gasteiger partial charge in [0.25, 0.3) is 5.91 Å². The SMILES string of the molecule is CC(C(=O)NCC(F)(F)F)c1cc(F)c(NC(=O)[C@@H](NC(=O)OC(C)(C)C)C(=C2CC2)C2CC2)cc1CCl. The number of anilines is 1. The minimum Gasteiger partial charge on any atom is -0.444 e. The predicted octanol–water partition coefficient (Wildman–Crippen LogP) is 5.68. The molecule has 0 saturated heterocycles. The van der Waals surface area contributed by atoms with Crippen molar-refractivity contribution in [2.75, 3.05) is 11.9 Å². The van der Waals surface area contributed by atoms with Crippen LogP contribution in [0, 0.1) is 11.7 Å². The lowest BCUT2D eigenvalue weighted by Crippen LogP contribution is -2.47. The molecule has 0 aliphatic heterocycles. The fourth-order valence-corrected chi connectivity index (χ4v) is 4.35. The zero-order valence-corrected chi connectivity index (χ0v) is 22.4. The second-order valence-electron chi connectivity index (χ2n) is 10.6. The summed E-state index contributed by atoms with van der Waals surface area (Å²) in [4.78, 5) is 38.2. The highest BCUT2D eigenvalue weighted by Gasteiger charge is 2.40. The lowest BCUT2D eigenvalue weighted by molar-refractivity contribution is -0.139. The third-order valence-corrected chi connectivity index (χ3v) is 6.40. The number of ether oxygens (including phenoxy) is 1. The Balaban J connectivity index is 1.83. The number of amides is 3. The van der Waals surface area contributed by atoms with Gasteiger partial charge in [-0.2, -0.15) is 13.2 Å². The maximum atomic E-state index is 15.1. The quantitative estimate of drug-likeness (QED) is 0.205. The minimum atomic E-state index is -4.59. The molecule has 3 rings (SSSR count). The molecule has 3 amide bonds. The average Bonchev–Trinajstić information content (AvgIpc) is 3.71. The number of hydrogen-bond donors (Lipinski definition) is 3. The monoisotopic (exact) mass is 561 g/mol. The van der Waals surface area contributed by atoms with Gasteiger partial charge in [0, 0.05) is 5.88 Å². The Bertz CT molecular complexity index is 1120. The third kappa shape index (κ3) is 8.34. The van der Waals surface area contributed by atoms with Crippen molar-refractivity contribution in [3.63, 3.8) is 0 Å². The Hall–Kier alpha value is -2.82. The number of hydrogen-bond acceptors (Lipinski definition) is 4. The number of carbonyl (C=O) groups excluding carboxylic acids is 3. The van der Waals surface area contributed by atoms with Crippen molar-refractivity contribution < 1.29 is 36.7 Å². The van der Waals surface area contributed by atoms with E-state index in [-0.39, 0.29) is 28.6 Å². The van der Waals surface area contributed by atoms with E-state index in [9.17, 15) is 27.6 Å². The van der Waals surface area contributed by atoms with Crippen molar-refractivity contribution in [3.8, 4) is 0 Å². The molecule has 2 aliphatic rings. The Morgan fingerprint density at radius 3 is 2.24 bits per heavy atom. The highest BCUT2D eigenvalue weighted by Crippen LogP contribution is 2.46. The summed E-state index contributed by atoms with van der Waals surface area (Å²) in [6.07, 6.45) is -1.98. The summed E-state index contributed by atoms with van der Waals surface area (Å²) in [5.41, 5.74) is 1.23. The van der Waals surface area contributed by atoms with Crippen molar-refractivity contribution >= 4 is 35.2 Å². The number of alkyl halides is 4. The van der Waals surface area contributed by atoms with Crippen molar-refractivity contribution in [1.82, 2.24) is 10.6 Å². The lowest BCUT2D eigenvalue weighted by Gasteiger charge is -2.25. The van der Waals surface area contributed by atoms with E-state index in [0.717, 1.165) is 42.9 Å². The van der Waals surface area contributed by atoms with E-state index >= 15 is 4.39 Å². The van der Waals surface area contributed by atoms with Crippen LogP contribution in [0.15, 0.2) is 23.3 Å².